The maximum atomic E-state index is 14.1. The van der Waals surface area contributed by atoms with E-state index in [0.29, 0.717) is 11.3 Å². The van der Waals surface area contributed by atoms with E-state index in [0.717, 1.165) is 16.9 Å². The number of aromatic nitrogens is 3. The second-order valence-corrected chi connectivity index (χ2v) is 5.23. The molecule has 3 aromatic rings. The van der Waals surface area contributed by atoms with E-state index in [2.05, 4.69) is 23.9 Å². The molecule has 0 amide bonds. The molecule has 1 aromatic carbocycles. The Morgan fingerprint density at radius 2 is 1.90 bits per heavy atom. The zero-order chi connectivity index (χ0) is 14.3. The number of fused-ring (bicyclic) bond motifs is 1. The summed E-state index contributed by atoms with van der Waals surface area (Å²) < 4.78 is 15.8. The van der Waals surface area contributed by atoms with Crippen molar-refractivity contribution in [1.29, 1.82) is 0 Å². The van der Waals surface area contributed by atoms with Crippen molar-refractivity contribution in [2.45, 2.75) is 26.7 Å². The van der Waals surface area contributed by atoms with Crippen LogP contribution in [0.2, 0.25) is 0 Å². The van der Waals surface area contributed by atoms with Crippen molar-refractivity contribution in [2.24, 2.45) is 0 Å². The van der Waals surface area contributed by atoms with Crippen LogP contribution < -0.4 is 0 Å². The zero-order valence-electron chi connectivity index (χ0n) is 11.8. The topological polar surface area (TPSA) is 30.2 Å². The summed E-state index contributed by atoms with van der Waals surface area (Å²) in [7, 11) is 0. The average Bonchev–Trinajstić information content (AvgIpc) is 2.77. The molecule has 3 rings (SSSR count). The van der Waals surface area contributed by atoms with Crippen LogP contribution in [0.25, 0.3) is 16.9 Å². The van der Waals surface area contributed by atoms with Gasteiger partial charge >= 0.3 is 0 Å². The molecular formula is C16H16FN3. The highest BCUT2D eigenvalue weighted by molar-refractivity contribution is 5.72. The van der Waals surface area contributed by atoms with Crippen LogP contribution in [0.4, 0.5) is 4.39 Å². The van der Waals surface area contributed by atoms with Crippen LogP contribution in [0, 0.1) is 12.7 Å². The van der Waals surface area contributed by atoms with Gasteiger partial charge in [0.05, 0.1) is 0 Å². The van der Waals surface area contributed by atoms with Crippen molar-refractivity contribution >= 4 is 5.65 Å². The Labute approximate surface area is 117 Å². The summed E-state index contributed by atoms with van der Waals surface area (Å²) in [5.74, 6) is -0.0362. The minimum atomic E-state index is -0.255. The molecule has 0 atom stereocenters. The van der Waals surface area contributed by atoms with E-state index in [9.17, 15) is 4.39 Å². The van der Waals surface area contributed by atoms with Gasteiger partial charge in [0.15, 0.2) is 5.65 Å². The van der Waals surface area contributed by atoms with E-state index in [4.69, 9.17) is 0 Å². The smallest absolute Gasteiger partial charge is 0.159 e. The average molecular weight is 269 g/mol. The highest BCUT2D eigenvalue weighted by Gasteiger charge is 2.20. The van der Waals surface area contributed by atoms with Gasteiger partial charge in [-0.3, -0.25) is 0 Å². The molecule has 2 aromatic heterocycles. The van der Waals surface area contributed by atoms with Gasteiger partial charge in [-0.15, -0.1) is 0 Å². The monoisotopic (exact) mass is 269 g/mol. The SMILES string of the molecule is Cc1ccn2nc(-c3ccccc3F)c(C(C)C)c2n1. The fourth-order valence-electron chi connectivity index (χ4n) is 2.42. The molecule has 0 radical (unpaired) electrons. The summed E-state index contributed by atoms with van der Waals surface area (Å²) in [5, 5.41) is 4.52. The molecule has 3 nitrogen and oxygen atoms in total. The number of hydrogen-bond acceptors (Lipinski definition) is 2. The normalized spacial score (nSPS) is 11.4. The van der Waals surface area contributed by atoms with Crippen molar-refractivity contribution in [3.05, 3.63) is 53.6 Å². The van der Waals surface area contributed by atoms with Gasteiger partial charge in [0.2, 0.25) is 0 Å². The van der Waals surface area contributed by atoms with Crippen LogP contribution in [-0.4, -0.2) is 14.6 Å². The fourth-order valence-corrected chi connectivity index (χ4v) is 2.42. The van der Waals surface area contributed by atoms with Gasteiger partial charge in [-0.1, -0.05) is 26.0 Å². The molecule has 0 fully saturated rings. The minimum Gasteiger partial charge on any atom is -0.234 e. The molecule has 0 saturated carbocycles. The van der Waals surface area contributed by atoms with Crippen LogP contribution >= 0.6 is 0 Å². The van der Waals surface area contributed by atoms with Crippen molar-refractivity contribution in [1.82, 2.24) is 14.6 Å². The van der Waals surface area contributed by atoms with E-state index >= 15 is 0 Å². The summed E-state index contributed by atoms with van der Waals surface area (Å²) in [5.41, 5.74) is 3.92. The lowest BCUT2D eigenvalue weighted by Crippen LogP contribution is -1.94. The van der Waals surface area contributed by atoms with Crippen molar-refractivity contribution in [2.75, 3.05) is 0 Å². The number of rotatable bonds is 2. The minimum absolute atomic E-state index is 0.219. The first-order valence-corrected chi connectivity index (χ1v) is 6.68. The summed E-state index contributed by atoms with van der Waals surface area (Å²) in [6, 6.07) is 8.63. The van der Waals surface area contributed by atoms with Crippen molar-refractivity contribution < 1.29 is 4.39 Å². The standard InChI is InChI=1S/C16H16FN3/c1-10(2)14-15(12-6-4-5-7-13(12)17)19-20-9-8-11(3)18-16(14)20/h4-10H,1-3H3. The molecule has 102 valence electrons. The first-order chi connectivity index (χ1) is 9.58. The lowest BCUT2D eigenvalue weighted by atomic mass is 9.99. The summed E-state index contributed by atoms with van der Waals surface area (Å²) >= 11 is 0. The maximum Gasteiger partial charge on any atom is 0.159 e. The first kappa shape index (κ1) is 12.8. The quantitative estimate of drug-likeness (QED) is 0.704. The van der Waals surface area contributed by atoms with Gasteiger partial charge < -0.3 is 0 Å². The molecule has 20 heavy (non-hydrogen) atoms. The summed E-state index contributed by atoms with van der Waals surface area (Å²) in [6.07, 6.45) is 1.87. The van der Waals surface area contributed by atoms with Crippen molar-refractivity contribution in [3.8, 4) is 11.3 Å². The van der Waals surface area contributed by atoms with E-state index in [-0.39, 0.29) is 11.7 Å². The fraction of sp³-hybridized carbons (Fsp3) is 0.250. The molecule has 0 unspecified atom stereocenters. The van der Waals surface area contributed by atoms with Crippen LogP contribution in [0.3, 0.4) is 0 Å². The number of nitrogens with zero attached hydrogens (tertiary/aromatic N) is 3. The van der Waals surface area contributed by atoms with E-state index in [1.54, 1.807) is 16.6 Å². The zero-order valence-corrected chi connectivity index (χ0v) is 11.8. The predicted molar refractivity (Wildman–Crippen MR) is 77.2 cm³/mol. The van der Waals surface area contributed by atoms with E-state index < -0.39 is 0 Å². The third kappa shape index (κ3) is 1.97. The Balaban J connectivity index is 2.36. The lowest BCUT2D eigenvalue weighted by Gasteiger charge is -2.06. The predicted octanol–water partition coefficient (Wildman–Crippen LogP) is 3.97. The molecule has 0 bridgehead atoms. The molecule has 2 heterocycles. The first-order valence-electron chi connectivity index (χ1n) is 6.68. The molecule has 0 saturated heterocycles. The van der Waals surface area contributed by atoms with Crippen LogP contribution in [0.5, 0.6) is 0 Å². The molecule has 0 spiro atoms. The van der Waals surface area contributed by atoms with E-state index in [1.807, 2.05) is 25.3 Å². The van der Waals surface area contributed by atoms with Gasteiger partial charge in [0.25, 0.3) is 0 Å². The van der Waals surface area contributed by atoms with Gasteiger partial charge in [-0.05, 0) is 31.0 Å². The lowest BCUT2D eigenvalue weighted by molar-refractivity contribution is 0.630. The Morgan fingerprint density at radius 1 is 1.15 bits per heavy atom. The van der Waals surface area contributed by atoms with Crippen LogP contribution in [-0.2, 0) is 0 Å². The maximum absolute atomic E-state index is 14.1. The largest absolute Gasteiger partial charge is 0.234 e. The molecule has 0 aliphatic carbocycles. The molecular weight excluding hydrogens is 253 g/mol. The summed E-state index contributed by atoms with van der Waals surface area (Å²) in [4.78, 5) is 4.55. The Kier molecular flexibility index (Phi) is 3.01. The second kappa shape index (κ2) is 4.71. The summed E-state index contributed by atoms with van der Waals surface area (Å²) in [6.45, 7) is 6.09. The molecule has 0 aliphatic heterocycles. The Bertz CT molecular complexity index is 774. The van der Waals surface area contributed by atoms with E-state index in [1.165, 1.54) is 6.07 Å². The van der Waals surface area contributed by atoms with Crippen LogP contribution in [0.1, 0.15) is 31.0 Å². The van der Waals surface area contributed by atoms with Crippen molar-refractivity contribution in [3.63, 3.8) is 0 Å². The third-order valence-electron chi connectivity index (χ3n) is 3.37. The highest BCUT2D eigenvalue weighted by atomic mass is 19.1. The number of hydrogen-bond donors (Lipinski definition) is 0. The number of halogens is 1. The third-order valence-corrected chi connectivity index (χ3v) is 3.37. The number of aryl methyl sites for hydroxylation is 1. The van der Waals surface area contributed by atoms with Gasteiger partial charge in [0, 0.05) is 23.0 Å². The van der Waals surface area contributed by atoms with Gasteiger partial charge in [-0.2, -0.15) is 5.10 Å². The molecule has 0 N–H and O–H groups in total. The Hall–Kier alpha value is -2.23. The highest BCUT2D eigenvalue weighted by Crippen LogP contribution is 2.32. The number of benzene rings is 1. The second-order valence-electron chi connectivity index (χ2n) is 5.23. The van der Waals surface area contributed by atoms with Crippen LogP contribution in [0.15, 0.2) is 36.5 Å². The Morgan fingerprint density at radius 3 is 2.60 bits per heavy atom. The van der Waals surface area contributed by atoms with Gasteiger partial charge in [-0.25, -0.2) is 13.9 Å². The molecule has 0 aliphatic rings. The van der Waals surface area contributed by atoms with Gasteiger partial charge in [0.1, 0.15) is 11.5 Å². The molecule has 4 heteroatoms.